The number of piperazine rings is 1. The fourth-order valence-corrected chi connectivity index (χ4v) is 3.92. The summed E-state index contributed by atoms with van der Waals surface area (Å²) in [6.45, 7) is 3.47. The Balaban J connectivity index is 2.34. The van der Waals surface area contributed by atoms with Gasteiger partial charge in [0.1, 0.15) is 4.90 Å². The highest BCUT2D eigenvalue weighted by Crippen LogP contribution is 2.25. The number of nitrogens with zero attached hydrogens (tertiary/aromatic N) is 2. The zero-order chi connectivity index (χ0) is 15.8. The van der Waals surface area contributed by atoms with Gasteiger partial charge in [-0.25, -0.2) is 8.42 Å². The topological polar surface area (TPSA) is 110 Å². The molecule has 1 amide bonds. The molecule has 8 heteroatoms. The number of nitrogens with two attached hydrogens (primary N) is 2. The van der Waals surface area contributed by atoms with Crippen LogP contribution in [0.25, 0.3) is 0 Å². The van der Waals surface area contributed by atoms with Crippen LogP contribution < -0.4 is 11.5 Å². The molecule has 1 heterocycles. The van der Waals surface area contributed by atoms with E-state index in [0.29, 0.717) is 19.6 Å². The first-order valence-corrected chi connectivity index (χ1v) is 8.07. The average Bonchev–Trinajstić information content (AvgIpc) is 2.41. The molecule has 0 radical (unpaired) electrons. The van der Waals surface area contributed by atoms with Crippen LogP contribution in [0.3, 0.4) is 0 Å². The van der Waals surface area contributed by atoms with E-state index in [-0.39, 0.29) is 22.2 Å². The van der Waals surface area contributed by atoms with Gasteiger partial charge in [0.2, 0.25) is 15.9 Å². The molecule has 0 saturated carbocycles. The molecular weight excluding hydrogens is 292 g/mol. The maximum Gasteiger partial charge on any atom is 0.248 e. The average molecular weight is 312 g/mol. The molecule has 1 saturated heterocycles. The van der Waals surface area contributed by atoms with Gasteiger partial charge in [-0.15, -0.1) is 0 Å². The number of nitrogen functional groups attached to an aromatic ring is 1. The van der Waals surface area contributed by atoms with E-state index < -0.39 is 15.9 Å². The molecule has 4 N–H and O–H groups in total. The molecule has 1 aromatic rings. The maximum atomic E-state index is 12.7. The molecule has 1 aliphatic rings. The SMILES string of the molecule is CC1CN(S(=O)(=O)c2ccc(C(N)=O)cc2N)CCN1C. The van der Waals surface area contributed by atoms with Crippen molar-refractivity contribution >= 4 is 21.6 Å². The van der Waals surface area contributed by atoms with E-state index in [1.54, 1.807) is 0 Å². The second-order valence-electron chi connectivity index (χ2n) is 5.31. The number of rotatable bonds is 3. The third-order valence-electron chi connectivity index (χ3n) is 3.83. The minimum atomic E-state index is -3.66. The Bertz CT molecular complexity index is 659. The van der Waals surface area contributed by atoms with Gasteiger partial charge in [-0.2, -0.15) is 4.31 Å². The summed E-state index contributed by atoms with van der Waals surface area (Å²) in [6.07, 6.45) is 0. The lowest BCUT2D eigenvalue weighted by Gasteiger charge is -2.36. The number of hydrogen-bond donors (Lipinski definition) is 2. The molecule has 1 unspecified atom stereocenters. The van der Waals surface area contributed by atoms with E-state index in [0.717, 1.165) is 0 Å². The minimum absolute atomic E-state index is 0.0178. The van der Waals surface area contributed by atoms with E-state index in [4.69, 9.17) is 11.5 Å². The lowest BCUT2D eigenvalue weighted by Crippen LogP contribution is -2.51. The number of amides is 1. The predicted molar refractivity (Wildman–Crippen MR) is 80.2 cm³/mol. The van der Waals surface area contributed by atoms with Crippen molar-refractivity contribution in [2.75, 3.05) is 32.4 Å². The molecule has 2 rings (SSSR count). The summed E-state index contributed by atoms with van der Waals surface area (Å²) in [7, 11) is -1.70. The van der Waals surface area contributed by atoms with E-state index in [1.807, 2.05) is 14.0 Å². The smallest absolute Gasteiger partial charge is 0.248 e. The van der Waals surface area contributed by atoms with Gasteiger partial charge < -0.3 is 16.4 Å². The first kappa shape index (κ1) is 15.7. The number of likely N-dealkylation sites (N-methyl/N-ethyl adjacent to an activating group) is 1. The van der Waals surface area contributed by atoms with Crippen molar-refractivity contribution < 1.29 is 13.2 Å². The van der Waals surface area contributed by atoms with Gasteiger partial charge in [0.25, 0.3) is 0 Å². The quantitative estimate of drug-likeness (QED) is 0.744. The largest absolute Gasteiger partial charge is 0.398 e. The van der Waals surface area contributed by atoms with Crippen LogP contribution in [0, 0.1) is 0 Å². The van der Waals surface area contributed by atoms with Crippen LogP contribution in [0.15, 0.2) is 23.1 Å². The van der Waals surface area contributed by atoms with Gasteiger partial charge in [0.15, 0.2) is 0 Å². The third kappa shape index (κ3) is 3.02. The van der Waals surface area contributed by atoms with Gasteiger partial charge in [0, 0.05) is 31.2 Å². The summed E-state index contributed by atoms with van der Waals surface area (Å²) in [6, 6.07) is 4.16. The Labute approximate surface area is 124 Å². The standard InChI is InChI=1S/C13H20N4O3S/c1-9-8-17(6-5-16(9)2)21(19,20)12-4-3-10(13(15)18)7-11(12)14/h3-4,7,9H,5-6,8,14H2,1-2H3,(H2,15,18). The maximum absolute atomic E-state index is 12.7. The number of hydrogen-bond acceptors (Lipinski definition) is 5. The van der Waals surface area contributed by atoms with Gasteiger partial charge in [-0.1, -0.05) is 0 Å². The Hall–Kier alpha value is -1.64. The van der Waals surface area contributed by atoms with E-state index in [9.17, 15) is 13.2 Å². The van der Waals surface area contributed by atoms with E-state index in [1.165, 1.54) is 22.5 Å². The van der Waals surface area contributed by atoms with Crippen LogP contribution in [-0.2, 0) is 10.0 Å². The van der Waals surface area contributed by atoms with Gasteiger partial charge in [-0.3, -0.25) is 4.79 Å². The number of benzene rings is 1. The van der Waals surface area contributed by atoms with Crippen molar-refractivity contribution in [2.45, 2.75) is 17.9 Å². The van der Waals surface area contributed by atoms with Crippen molar-refractivity contribution in [2.24, 2.45) is 5.73 Å². The van der Waals surface area contributed by atoms with Crippen molar-refractivity contribution in [3.63, 3.8) is 0 Å². The van der Waals surface area contributed by atoms with Crippen molar-refractivity contribution in [3.8, 4) is 0 Å². The highest BCUT2D eigenvalue weighted by molar-refractivity contribution is 7.89. The summed E-state index contributed by atoms with van der Waals surface area (Å²) in [5.74, 6) is -0.640. The fourth-order valence-electron chi connectivity index (χ4n) is 2.31. The van der Waals surface area contributed by atoms with Crippen molar-refractivity contribution in [3.05, 3.63) is 23.8 Å². The van der Waals surface area contributed by atoms with Crippen molar-refractivity contribution in [1.29, 1.82) is 0 Å². The zero-order valence-corrected chi connectivity index (χ0v) is 12.9. The van der Waals surface area contributed by atoms with Gasteiger partial charge >= 0.3 is 0 Å². The van der Waals surface area contributed by atoms with Crippen LogP contribution in [0.5, 0.6) is 0 Å². The molecule has 0 spiro atoms. The molecule has 7 nitrogen and oxygen atoms in total. The highest BCUT2D eigenvalue weighted by atomic mass is 32.2. The summed E-state index contributed by atoms with van der Waals surface area (Å²) < 4.78 is 26.7. The lowest BCUT2D eigenvalue weighted by atomic mass is 10.2. The van der Waals surface area contributed by atoms with Crippen LogP contribution in [0.2, 0.25) is 0 Å². The monoisotopic (exact) mass is 312 g/mol. The number of primary amides is 1. The number of sulfonamides is 1. The summed E-state index contributed by atoms with van der Waals surface area (Å²) >= 11 is 0. The first-order chi connectivity index (χ1) is 9.73. The molecule has 0 aliphatic carbocycles. The molecule has 1 atom stereocenters. The van der Waals surface area contributed by atoms with E-state index >= 15 is 0 Å². The Morgan fingerprint density at radius 1 is 1.33 bits per heavy atom. The summed E-state index contributed by atoms with van der Waals surface area (Å²) in [5, 5.41) is 0. The molecular formula is C13H20N4O3S. The summed E-state index contributed by atoms with van der Waals surface area (Å²) in [5.41, 5.74) is 11.2. The molecule has 1 aromatic carbocycles. The van der Waals surface area contributed by atoms with Gasteiger partial charge in [0.05, 0.1) is 5.69 Å². The molecule has 21 heavy (non-hydrogen) atoms. The molecule has 1 fully saturated rings. The zero-order valence-electron chi connectivity index (χ0n) is 12.1. The number of carbonyl (C=O) groups excluding carboxylic acids is 1. The Kier molecular flexibility index (Phi) is 4.22. The minimum Gasteiger partial charge on any atom is -0.398 e. The highest BCUT2D eigenvalue weighted by Gasteiger charge is 2.32. The summed E-state index contributed by atoms with van der Waals surface area (Å²) in [4.78, 5) is 13.2. The Morgan fingerprint density at radius 3 is 2.52 bits per heavy atom. The van der Waals surface area contributed by atoms with Crippen LogP contribution in [-0.4, -0.2) is 56.3 Å². The Morgan fingerprint density at radius 2 is 2.00 bits per heavy atom. The van der Waals surface area contributed by atoms with Crippen LogP contribution >= 0.6 is 0 Å². The van der Waals surface area contributed by atoms with Crippen molar-refractivity contribution in [1.82, 2.24) is 9.21 Å². The molecule has 116 valence electrons. The second kappa shape index (κ2) is 5.63. The second-order valence-corrected chi connectivity index (χ2v) is 7.22. The van der Waals surface area contributed by atoms with Crippen LogP contribution in [0.1, 0.15) is 17.3 Å². The number of anilines is 1. The molecule has 1 aliphatic heterocycles. The number of carbonyl (C=O) groups is 1. The predicted octanol–water partition coefficient (Wildman–Crippen LogP) is -0.308. The first-order valence-electron chi connectivity index (χ1n) is 6.63. The fraction of sp³-hybridized carbons (Fsp3) is 0.462. The molecule has 0 bridgehead atoms. The molecule has 0 aromatic heterocycles. The third-order valence-corrected chi connectivity index (χ3v) is 5.77. The lowest BCUT2D eigenvalue weighted by molar-refractivity contribution is 0.1000. The van der Waals surface area contributed by atoms with Gasteiger partial charge in [-0.05, 0) is 32.2 Å². The normalized spacial score (nSPS) is 21.3. The van der Waals surface area contributed by atoms with E-state index in [2.05, 4.69) is 4.90 Å². The van der Waals surface area contributed by atoms with Crippen LogP contribution in [0.4, 0.5) is 5.69 Å².